The van der Waals surface area contributed by atoms with E-state index in [-0.39, 0.29) is 145 Å². The summed E-state index contributed by atoms with van der Waals surface area (Å²) in [5.74, 6) is 5.97. The first-order valence-corrected chi connectivity index (χ1v) is 48.4. The fourth-order valence-corrected chi connectivity index (χ4v) is 17.4. The van der Waals surface area contributed by atoms with Crippen LogP contribution in [0.2, 0.25) is 0 Å². The van der Waals surface area contributed by atoms with E-state index >= 15 is 0 Å². The molecule has 2 aliphatic rings. The highest BCUT2D eigenvalue weighted by Crippen LogP contribution is 2.41. The Morgan fingerprint density at radius 3 is 1.09 bits per heavy atom. The lowest BCUT2D eigenvalue weighted by Crippen LogP contribution is -2.17. The first-order valence-electron chi connectivity index (χ1n) is 46.8. The van der Waals surface area contributed by atoms with Gasteiger partial charge in [-0.1, -0.05) is 200 Å². The topological polar surface area (TPSA) is 302 Å². The second-order valence-electron chi connectivity index (χ2n) is 34.5. The molecule has 0 aromatic heterocycles. The fourth-order valence-electron chi connectivity index (χ4n) is 16.0. The molecule has 2 saturated carbocycles. The number of aliphatic hydroxyl groups is 2. The smallest absolute Gasteiger partial charge is 0.338 e. The molecule has 0 radical (unpaired) electrons. The molecule has 790 valence electrons. The normalized spacial score (nSPS) is 13.0. The predicted molar refractivity (Wildman–Crippen MR) is 576 cm³/mol. The molecule has 0 heterocycles. The highest BCUT2D eigenvalue weighted by atomic mass is 32.2. The standard InChI is InChI=1S/C33H42O8.C31H44O6S.C27H32O4.C19H24O5.8CH4/c1-7-22(2)23-8-10-24(11-9-23)33(35)41-13-12-40-32-29(20-38-5)16-26(17-30(32)21-39-6)25-14-27(18-36-3)31(34)28(15-25)19-37-4;1-3-23(2)38(33,34)30-16-14-29(15-17-30)35-20-24-18-25(21-36-27-10-6-4-7-11-27)31(32)26(19-24)22-37-28-12-8-5-9-13-28;1-6-20(3)21-7-9-24(10-8-21)30-25-11-13-26(14-12-25)31-27-22(17-28-4)15-19(2)16-23(27)18-29-5;1-3-12(2)13-4-6-16(7-5-13)24-11-15-8-14(9-20)18(22)17(10-21)19(15)23;;;;;;;;/h8-11,14-17,22,34H,7,12-13,18-21H2,1-6H3;14-19,23,27-28,32H,3-13,20-22H2,1-2H3;7-16,20H,6,17-18H2,1-5H3;4-8,12,20-23H,3,9-11H2,1-2H3;8*1H4. The second kappa shape index (κ2) is 67.1. The monoisotopic (exact) mass is 1990 g/mol. The Hall–Kier alpha value is -10.6. The molecule has 10 aromatic rings. The van der Waals surface area contributed by atoms with Gasteiger partial charge < -0.3 is 97.0 Å². The number of hydrogen-bond acceptors (Lipinski definition) is 23. The first kappa shape index (κ1) is 129. The van der Waals surface area contributed by atoms with Crippen molar-refractivity contribution >= 4 is 15.8 Å². The average molecular weight is 1990 g/mol. The number of aryl methyl sites for hydroxylation is 1. The minimum Gasteiger partial charge on any atom is -0.507 e. The predicted octanol–water partition coefficient (Wildman–Crippen LogP) is 29.3. The molecule has 23 nitrogen and oxygen atoms in total. The average Bonchev–Trinajstić information content (AvgIpc) is 0.781. The van der Waals surface area contributed by atoms with Crippen LogP contribution in [0.5, 0.6) is 63.2 Å². The third kappa shape index (κ3) is 38.2. The highest BCUT2D eigenvalue weighted by molar-refractivity contribution is 7.92. The van der Waals surface area contributed by atoms with E-state index in [2.05, 4.69) is 72.7 Å². The summed E-state index contributed by atoms with van der Waals surface area (Å²) >= 11 is 0. The van der Waals surface area contributed by atoms with Gasteiger partial charge in [-0.05, 0) is 244 Å². The molecule has 10 aromatic carbocycles. The van der Waals surface area contributed by atoms with Gasteiger partial charge >= 0.3 is 5.97 Å². The van der Waals surface area contributed by atoms with Crippen molar-refractivity contribution in [2.75, 3.05) is 55.9 Å². The van der Waals surface area contributed by atoms with Crippen molar-refractivity contribution in [2.24, 2.45) is 0 Å². The summed E-state index contributed by atoms with van der Waals surface area (Å²) in [6.45, 7) is 21.2. The summed E-state index contributed by atoms with van der Waals surface area (Å²) in [6.07, 6.45) is 15.9. The van der Waals surface area contributed by atoms with Gasteiger partial charge in [-0.25, -0.2) is 13.2 Å². The minimum absolute atomic E-state index is 0. The van der Waals surface area contributed by atoms with Gasteiger partial charge in [0.1, 0.15) is 89.7 Å². The zero-order chi connectivity index (χ0) is 96.6. The van der Waals surface area contributed by atoms with Crippen LogP contribution < -0.4 is 23.7 Å². The molecule has 2 fully saturated rings. The Morgan fingerprint density at radius 2 is 0.697 bits per heavy atom. The summed E-state index contributed by atoms with van der Waals surface area (Å²) in [6, 6.07) is 55.2. The molecular weight excluding hydrogens is 1820 g/mol. The number of phenols is 4. The van der Waals surface area contributed by atoms with Crippen molar-refractivity contribution in [1.29, 1.82) is 0 Å². The Kier molecular flexibility index (Phi) is 61.2. The maximum atomic E-state index is 12.6. The van der Waals surface area contributed by atoms with Crippen LogP contribution in [0.1, 0.15) is 322 Å². The Balaban J connectivity index is 0.000000944. The zero-order valence-corrected chi connectivity index (χ0v) is 81.9. The van der Waals surface area contributed by atoms with Crippen LogP contribution in [0, 0.1) is 6.92 Å². The van der Waals surface area contributed by atoms with Crippen molar-refractivity contribution in [3.63, 3.8) is 0 Å². The number of aliphatic hydroxyl groups excluding tert-OH is 2. The Bertz CT molecular complexity index is 5220. The van der Waals surface area contributed by atoms with Gasteiger partial charge in [-0.3, -0.25) is 0 Å². The molecule has 24 heteroatoms. The molecule has 6 N–H and O–H groups in total. The van der Waals surface area contributed by atoms with E-state index in [9.17, 15) is 43.9 Å². The van der Waals surface area contributed by atoms with Gasteiger partial charge in [-0.2, -0.15) is 0 Å². The maximum absolute atomic E-state index is 12.6. The van der Waals surface area contributed by atoms with Crippen LogP contribution in [0.25, 0.3) is 11.1 Å². The molecule has 2 aliphatic carbocycles. The van der Waals surface area contributed by atoms with Crippen LogP contribution in [-0.4, -0.2) is 118 Å². The van der Waals surface area contributed by atoms with Gasteiger partial charge in [0.05, 0.1) is 99.5 Å². The van der Waals surface area contributed by atoms with Crippen molar-refractivity contribution in [1.82, 2.24) is 0 Å². The third-order valence-electron chi connectivity index (χ3n) is 24.6. The SMILES string of the molecule is C.C.C.C.C.C.C.C.CCC(C)S(=O)(=O)c1ccc(OCc2cc(COC3CCCCC3)c(O)c(COC3CCCCC3)c2)cc1.CCC(C)c1ccc(C(=O)OCCOc2c(COC)cc(-c3cc(COC)c(O)c(COC)c3)cc2COC)cc1.CCC(C)c1ccc(OCc2cc(CO)c(O)c(CO)c2O)cc1.CCC(C)c1ccc(Oc2ccc(Oc3c(COC)cc(C)cc3COC)cc2)cc1. The summed E-state index contributed by atoms with van der Waals surface area (Å²) < 4.78 is 106. The molecule has 0 saturated heterocycles. The fraction of sp³-hybridized carbons (Fsp3) is 0.483. The van der Waals surface area contributed by atoms with Gasteiger partial charge in [0.2, 0.25) is 0 Å². The number of ether oxygens (including phenoxy) is 14. The molecule has 0 spiro atoms. The van der Waals surface area contributed by atoms with Crippen molar-refractivity contribution in [3.8, 4) is 74.4 Å². The molecule has 0 bridgehead atoms. The highest BCUT2D eigenvalue weighted by Gasteiger charge is 2.26. The Morgan fingerprint density at radius 1 is 0.352 bits per heavy atom. The number of esters is 1. The number of benzene rings is 10. The van der Waals surface area contributed by atoms with Gasteiger partial charge in [-0.15, -0.1) is 0 Å². The minimum atomic E-state index is -3.33. The molecule has 0 amide bonds. The van der Waals surface area contributed by atoms with Crippen molar-refractivity contribution in [3.05, 3.63) is 271 Å². The molecule has 4 atom stereocenters. The molecule has 4 unspecified atom stereocenters. The van der Waals surface area contributed by atoms with E-state index in [0.717, 1.165) is 124 Å². The Labute approximate surface area is 852 Å². The number of phenolic OH excluding ortho intramolecular Hbond substituents is 2. The van der Waals surface area contributed by atoms with Crippen LogP contribution >= 0.6 is 0 Å². The lowest BCUT2D eigenvalue weighted by atomic mass is 9.95. The number of hydrogen-bond donors (Lipinski definition) is 6. The van der Waals surface area contributed by atoms with Gasteiger partial charge in [0.25, 0.3) is 0 Å². The molecular formula is C118H174O23S. The van der Waals surface area contributed by atoms with Crippen LogP contribution in [-0.2, 0) is 132 Å². The second-order valence-corrected chi connectivity index (χ2v) is 36.9. The number of methoxy groups -OCH3 is 6. The summed E-state index contributed by atoms with van der Waals surface area (Å²) in [5.41, 5.74) is 15.2. The van der Waals surface area contributed by atoms with Gasteiger partial charge in [0.15, 0.2) is 9.84 Å². The van der Waals surface area contributed by atoms with E-state index in [1.165, 1.54) is 61.3 Å². The zero-order valence-electron chi connectivity index (χ0n) is 81.0. The lowest BCUT2D eigenvalue weighted by molar-refractivity contribution is 0.0127. The summed E-state index contributed by atoms with van der Waals surface area (Å²) in [5, 5.41) is 59.9. The van der Waals surface area contributed by atoms with Crippen LogP contribution in [0.15, 0.2) is 181 Å². The van der Waals surface area contributed by atoms with E-state index in [0.29, 0.717) is 115 Å². The number of carbonyl (C=O) groups is 1. The van der Waals surface area contributed by atoms with Crippen LogP contribution in [0.4, 0.5) is 0 Å². The number of carbonyl (C=O) groups excluding carboxylic acids is 1. The quantitative estimate of drug-likeness (QED) is 0.0153. The van der Waals surface area contributed by atoms with Crippen molar-refractivity contribution in [2.45, 2.75) is 331 Å². The van der Waals surface area contributed by atoms with E-state index in [1.54, 1.807) is 86.0 Å². The number of rotatable bonds is 45. The first-order chi connectivity index (χ1) is 64.8. The number of sulfone groups is 1. The van der Waals surface area contributed by atoms with Crippen molar-refractivity contribution < 1.29 is 110 Å². The largest absolute Gasteiger partial charge is 0.507 e. The molecule has 142 heavy (non-hydrogen) atoms. The third-order valence-corrected chi connectivity index (χ3v) is 26.9. The van der Waals surface area contributed by atoms with E-state index in [1.807, 2.05) is 116 Å². The lowest BCUT2D eigenvalue weighted by Gasteiger charge is -2.24. The summed E-state index contributed by atoms with van der Waals surface area (Å²) in [4.78, 5) is 12.9. The number of aromatic hydroxyl groups is 4. The van der Waals surface area contributed by atoms with E-state index < -0.39 is 28.3 Å². The van der Waals surface area contributed by atoms with Crippen LogP contribution in [0.3, 0.4) is 0 Å². The van der Waals surface area contributed by atoms with Gasteiger partial charge in [0, 0.05) is 98.3 Å². The molecule has 12 rings (SSSR count). The summed E-state index contributed by atoms with van der Waals surface area (Å²) in [7, 11) is 6.45. The maximum Gasteiger partial charge on any atom is 0.338 e. The van der Waals surface area contributed by atoms with E-state index in [4.69, 9.17) is 66.3 Å². The molecule has 0 aliphatic heterocycles.